The van der Waals surface area contributed by atoms with E-state index >= 15 is 0 Å². The molecule has 1 saturated heterocycles. The molecule has 1 amide bonds. The van der Waals surface area contributed by atoms with Crippen LogP contribution < -0.4 is 19.5 Å². The smallest absolute Gasteiger partial charge is 0.224 e. The molecule has 0 aliphatic carbocycles. The first-order valence-corrected chi connectivity index (χ1v) is 12.0. The lowest BCUT2D eigenvalue weighted by molar-refractivity contribution is -0.116. The van der Waals surface area contributed by atoms with Crippen LogP contribution in [0, 0.1) is 6.92 Å². The molecule has 3 aliphatic rings. The number of aromatic nitrogens is 1. The number of amides is 1. The van der Waals surface area contributed by atoms with Crippen molar-refractivity contribution in [3.63, 3.8) is 0 Å². The maximum atomic E-state index is 11.4. The number of fused-ring (bicyclic) bond motifs is 4. The topological polar surface area (TPSA) is 72.9 Å². The van der Waals surface area contributed by atoms with Crippen LogP contribution in [0.3, 0.4) is 0 Å². The van der Waals surface area contributed by atoms with Crippen LogP contribution in [0.2, 0.25) is 0 Å². The summed E-state index contributed by atoms with van der Waals surface area (Å²) in [4.78, 5) is 18.2. The van der Waals surface area contributed by atoms with Gasteiger partial charge in [-0.3, -0.25) is 9.78 Å². The second kappa shape index (κ2) is 9.89. The molecule has 178 valence electrons. The number of piperidine rings is 1. The molecule has 2 aromatic carbocycles. The largest absolute Gasteiger partial charge is 0.490 e. The van der Waals surface area contributed by atoms with Gasteiger partial charge in [-0.2, -0.15) is 0 Å². The molecule has 1 fully saturated rings. The number of ether oxygens (including phenoxy) is 3. The van der Waals surface area contributed by atoms with Crippen LogP contribution in [0.15, 0.2) is 42.5 Å². The standard InChI is InChI=1S/C15H20N2O2.C12H11NO2/c1-17-8-6-12(7-9-17)19-13-4-2-11-3-5-15(18)16-14(11)10-13;1-8-2-3-9-10(13-8)4-5-11-12(9)15-7-6-14-11/h2,4,10,12H,3,5-9H2,1H3,(H,16,18);2-5H,6-7H2,1H3. The second-order valence-electron chi connectivity index (χ2n) is 9.10. The van der Waals surface area contributed by atoms with Gasteiger partial charge in [-0.25, -0.2) is 0 Å². The first kappa shape index (κ1) is 22.5. The summed E-state index contributed by atoms with van der Waals surface area (Å²) in [5, 5.41) is 3.94. The Balaban J connectivity index is 0.000000145. The Morgan fingerprint density at radius 3 is 2.71 bits per heavy atom. The van der Waals surface area contributed by atoms with Crippen molar-refractivity contribution in [3.8, 4) is 17.2 Å². The highest BCUT2D eigenvalue weighted by atomic mass is 16.6. The van der Waals surface area contributed by atoms with E-state index in [0.717, 1.165) is 71.9 Å². The Morgan fingerprint density at radius 1 is 1.03 bits per heavy atom. The maximum absolute atomic E-state index is 11.4. The normalized spacial score (nSPS) is 17.9. The van der Waals surface area contributed by atoms with Crippen LogP contribution >= 0.6 is 0 Å². The molecule has 7 nitrogen and oxygen atoms in total. The first-order valence-electron chi connectivity index (χ1n) is 12.0. The van der Waals surface area contributed by atoms with E-state index in [1.807, 2.05) is 43.3 Å². The van der Waals surface area contributed by atoms with Crippen LogP contribution in [0.25, 0.3) is 10.9 Å². The van der Waals surface area contributed by atoms with Gasteiger partial charge in [0.15, 0.2) is 11.5 Å². The molecule has 1 N–H and O–H groups in total. The number of hydrogen-bond acceptors (Lipinski definition) is 6. The number of hydrogen-bond donors (Lipinski definition) is 1. The lowest BCUT2D eigenvalue weighted by atomic mass is 10.0. The Labute approximate surface area is 200 Å². The number of carbonyl (C=O) groups is 1. The predicted molar refractivity (Wildman–Crippen MR) is 132 cm³/mol. The summed E-state index contributed by atoms with van der Waals surface area (Å²) >= 11 is 0. The third-order valence-electron chi connectivity index (χ3n) is 6.46. The Kier molecular flexibility index (Phi) is 6.54. The van der Waals surface area contributed by atoms with Crippen molar-refractivity contribution in [1.82, 2.24) is 9.88 Å². The number of likely N-dealkylation sites (tertiary alicyclic amines) is 1. The minimum Gasteiger partial charge on any atom is -0.490 e. The van der Waals surface area contributed by atoms with Gasteiger partial charge in [-0.15, -0.1) is 0 Å². The van der Waals surface area contributed by atoms with Gasteiger partial charge in [0, 0.05) is 42.3 Å². The third kappa shape index (κ3) is 5.09. The van der Waals surface area contributed by atoms with Crippen molar-refractivity contribution in [2.24, 2.45) is 0 Å². The molecule has 6 rings (SSSR count). The van der Waals surface area contributed by atoms with Gasteiger partial charge in [-0.05, 0) is 69.1 Å². The van der Waals surface area contributed by atoms with E-state index in [9.17, 15) is 4.79 Å². The fraction of sp³-hybridized carbons (Fsp3) is 0.407. The predicted octanol–water partition coefficient (Wildman–Crippen LogP) is 4.36. The van der Waals surface area contributed by atoms with E-state index in [1.165, 1.54) is 5.56 Å². The monoisotopic (exact) mass is 461 g/mol. The fourth-order valence-electron chi connectivity index (χ4n) is 4.54. The molecular weight excluding hydrogens is 430 g/mol. The molecule has 3 aliphatic heterocycles. The minimum absolute atomic E-state index is 0.101. The molecule has 4 heterocycles. The van der Waals surface area contributed by atoms with Gasteiger partial charge in [0.1, 0.15) is 25.1 Å². The SMILES string of the molecule is CN1CCC(Oc2ccc3c(c2)NC(=O)CC3)CC1.Cc1ccc2c3c(ccc2n1)OCCO3. The molecule has 0 unspecified atom stereocenters. The molecule has 7 heteroatoms. The van der Waals surface area contributed by atoms with Crippen molar-refractivity contribution in [2.75, 3.05) is 38.7 Å². The molecule has 1 aromatic heterocycles. The zero-order valence-corrected chi connectivity index (χ0v) is 19.8. The van der Waals surface area contributed by atoms with E-state index in [2.05, 4.69) is 28.3 Å². The summed E-state index contributed by atoms with van der Waals surface area (Å²) < 4.78 is 17.1. The van der Waals surface area contributed by atoms with Gasteiger partial charge in [0.25, 0.3) is 0 Å². The lowest BCUT2D eigenvalue weighted by Gasteiger charge is -2.29. The molecular formula is C27H31N3O4. The Hall–Kier alpha value is -3.32. The van der Waals surface area contributed by atoms with Crippen molar-refractivity contribution >= 4 is 22.5 Å². The van der Waals surface area contributed by atoms with E-state index < -0.39 is 0 Å². The number of pyridine rings is 1. The van der Waals surface area contributed by atoms with E-state index in [4.69, 9.17) is 14.2 Å². The van der Waals surface area contributed by atoms with Crippen LogP contribution in [0.4, 0.5) is 5.69 Å². The number of nitrogens with zero attached hydrogens (tertiary/aromatic N) is 2. The van der Waals surface area contributed by atoms with Crippen molar-refractivity contribution in [2.45, 2.75) is 38.7 Å². The van der Waals surface area contributed by atoms with Crippen molar-refractivity contribution in [1.29, 1.82) is 0 Å². The highest BCUT2D eigenvalue weighted by Gasteiger charge is 2.20. The number of anilines is 1. The minimum atomic E-state index is 0.101. The summed E-state index contributed by atoms with van der Waals surface area (Å²) in [6, 6.07) is 14.0. The van der Waals surface area contributed by atoms with Crippen LogP contribution in [-0.2, 0) is 11.2 Å². The summed E-state index contributed by atoms with van der Waals surface area (Å²) in [7, 11) is 2.14. The highest BCUT2D eigenvalue weighted by molar-refractivity contribution is 5.94. The van der Waals surface area contributed by atoms with Crippen LogP contribution in [-0.4, -0.2) is 55.2 Å². The Morgan fingerprint density at radius 2 is 1.85 bits per heavy atom. The highest BCUT2D eigenvalue weighted by Crippen LogP contribution is 2.36. The summed E-state index contributed by atoms with van der Waals surface area (Å²) in [5.41, 5.74) is 4.09. The zero-order chi connectivity index (χ0) is 23.5. The first-order chi connectivity index (χ1) is 16.5. The molecule has 0 spiro atoms. The number of nitrogens with one attached hydrogen (secondary N) is 1. The number of rotatable bonds is 2. The van der Waals surface area contributed by atoms with E-state index in [0.29, 0.717) is 25.7 Å². The van der Waals surface area contributed by atoms with Gasteiger partial charge in [-0.1, -0.05) is 6.07 Å². The maximum Gasteiger partial charge on any atom is 0.224 e. The molecule has 0 atom stereocenters. The van der Waals surface area contributed by atoms with Gasteiger partial charge >= 0.3 is 0 Å². The van der Waals surface area contributed by atoms with Crippen molar-refractivity contribution < 1.29 is 19.0 Å². The average molecular weight is 462 g/mol. The lowest BCUT2D eigenvalue weighted by Crippen LogP contribution is -2.35. The van der Waals surface area contributed by atoms with Crippen LogP contribution in [0.1, 0.15) is 30.5 Å². The number of carbonyl (C=O) groups excluding carboxylic acids is 1. The fourth-order valence-corrected chi connectivity index (χ4v) is 4.54. The quantitative estimate of drug-likeness (QED) is 0.611. The van der Waals surface area contributed by atoms with Gasteiger partial charge in [0.2, 0.25) is 5.91 Å². The van der Waals surface area contributed by atoms with E-state index in [1.54, 1.807) is 0 Å². The summed E-state index contributed by atoms with van der Waals surface area (Å²) in [5.74, 6) is 2.62. The summed E-state index contributed by atoms with van der Waals surface area (Å²) in [6.45, 7) is 5.40. The Bertz CT molecular complexity index is 1190. The number of aryl methyl sites for hydroxylation is 2. The molecule has 34 heavy (non-hydrogen) atoms. The molecule has 0 bridgehead atoms. The molecule has 0 saturated carbocycles. The van der Waals surface area contributed by atoms with Crippen molar-refractivity contribution in [3.05, 3.63) is 53.7 Å². The van der Waals surface area contributed by atoms with Crippen LogP contribution in [0.5, 0.6) is 17.2 Å². The second-order valence-corrected chi connectivity index (χ2v) is 9.10. The molecule has 3 aromatic rings. The average Bonchev–Trinajstić information content (AvgIpc) is 2.85. The summed E-state index contributed by atoms with van der Waals surface area (Å²) in [6.07, 6.45) is 3.85. The zero-order valence-electron chi connectivity index (χ0n) is 19.8. The van der Waals surface area contributed by atoms with E-state index in [-0.39, 0.29) is 5.91 Å². The third-order valence-corrected chi connectivity index (χ3v) is 6.46. The number of benzene rings is 2. The van der Waals surface area contributed by atoms with Gasteiger partial charge in [0.05, 0.1) is 5.52 Å². The van der Waals surface area contributed by atoms with Gasteiger partial charge < -0.3 is 24.4 Å². The molecule has 0 radical (unpaired) electrons.